The van der Waals surface area contributed by atoms with E-state index in [1.165, 1.54) is 180 Å². The number of allylic oxidation sites excluding steroid dienone is 5. The highest BCUT2D eigenvalue weighted by Gasteiger charge is 2.44. The van der Waals surface area contributed by atoms with Gasteiger partial charge in [-0.15, -0.1) is 0 Å². The Morgan fingerprint density at radius 3 is 1.36 bits per heavy atom. The lowest BCUT2D eigenvalue weighted by atomic mass is 9.99. The standard InChI is InChI=1S/C62H115NO10/c1-3-5-7-9-11-13-15-16-22-25-29-32-36-40-44-48-55(65)54(53-72-62-61(70)60(69)59(68)56(52-64)73-62)63-57(66)49-45-41-37-33-30-26-23-20-18-17-19-21-24-27-31-35-39-43-47-51-71-58(67)50-46-42-38-34-28-14-12-10-8-6-4-2/h15-16,29,32,44,48,54-56,59-62,64-65,68-70H,3-14,17-28,30-31,33-43,45-47,49-53H2,1-2H3,(H,63,66)/b16-15+,32-29+,48-44+. The number of hydrogen-bond acceptors (Lipinski definition) is 10. The average molecular weight is 1030 g/mol. The van der Waals surface area contributed by atoms with Crippen molar-refractivity contribution in [3.05, 3.63) is 36.5 Å². The van der Waals surface area contributed by atoms with E-state index in [1.54, 1.807) is 6.08 Å². The molecule has 0 aromatic carbocycles. The summed E-state index contributed by atoms with van der Waals surface area (Å²) in [4.78, 5) is 25.1. The zero-order valence-electron chi connectivity index (χ0n) is 47.1. The summed E-state index contributed by atoms with van der Waals surface area (Å²) in [5.74, 6) is -0.206. The summed E-state index contributed by atoms with van der Waals surface area (Å²) in [6.45, 7) is 4.31. The number of rotatable bonds is 53. The van der Waals surface area contributed by atoms with Gasteiger partial charge in [0.2, 0.25) is 5.91 Å². The van der Waals surface area contributed by atoms with Gasteiger partial charge in [0.1, 0.15) is 24.4 Å². The van der Waals surface area contributed by atoms with E-state index in [4.69, 9.17) is 14.2 Å². The molecule has 73 heavy (non-hydrogen) atoms. The van der Waals surface area contributed by atoms with Gasteiger partial charge in [0.15, 0.2) is 6.29 Å². The Balaban J connectivity index is 2.11. The van der Waals surface area contributed by atoms with Crippen LogP contribution in [0.15, 0.2) is 36.5 Å². The van der Waals surface area contributed by atoms with Gasteiger partial charge in [-0.25, -0.2) is 0 Å². The van der Waals surface area contributed by atoms with Crippen LogP contribution in [-0.2, 0) is 23.8 Å². The predicted octanol–water partition coefficient (Wildman–Crippen LogP) is 14.3. The number of esters is 1. The number of aliphatic hydroxyl groups excluding tert-OH is 5. The first-order chi connectivity index (χ1) is 35.7. The van der Waals surface area contributed by atoms with Gasteiger partial charge in [-0.2, -0.15) is 0 Å². The van der Waals surface area contributed by atoms with Gasteiger partial charge >= 0.3 is 5.97 Å². The summed E-state index contributed by atoms with van der Waals surface area (Å²) in [6, 6.07) is -0.837. The molecule has 0 spiro atoms. The van der Waals surface area contributed by atoms with E-state index < -0.39 is 49.5 Å². The van der Waals surface area contributed by atoms with Crippen LogP contribution in [0.2, 0.25) is 0 Å². The molecule has 7 unspecified atom stereocenters. The predicted molar refractivity (Wildman–Crippen MR) is 301 cm³/mol. The third-order valence-corrected chi connectivity index (χ3v) is 14.5. The van der Waals surface area contributed by atoms with Gasteiger partial charge in [0.05, 0.1) is 32.0 Å². The number of hydrogen-bond donors (Lipinski definition) is 6. The molecule has 1 heterocycles. The van der Waals surface area contributed by atoms with Crippen LogP contribution in [-0.4, -0.2) is 100 Å². The summed E-state index contributed by atoms with van der Waals surface area (Å²) in [5.41, 5.74) is 0. The van der Waals surface area contributed by atoms with Gasteiger partial charge < -0.3 is 45.1 Å². The molecule has 0 aliphatic carbocycles. The molecule has 7 atom stereocenters. The summed E-state index contributed by atoms with van der Waals surface area (Å²) < 4.78 is 16.7. The smallest absolute Gasteiger partial charge is 0.305 e. The van der Waals surface area contributed by atoms with Crippen molar-refractivity contribution < 1.29 is 49.3 Å². The summed E-state index contributed by atoms with van der Waals surface area (Å²) in [5, 5.41) is 54.4. The van der Waals surface area contributed by atoms with Crippen molar-refractivity contribution in [1.82, 2.24) is 5.32 Å². The molecule has 0 bridgehead atoms. The highest BCUT2D eigenvalue weighted by molar-refractivity contribution is 5.76. The Hall–Kier alpha value is -2.12. The van der Waals surface area contributed by atoms with Crippen molar-refractivity contribution in [2.75, 3.05) is 19.8 Å². The van der Waals surface area contributed by atoms with E-state index in [2.05, 4.69) is 43.5 Å². The molecule has 428 valence electrons. The maximum absolute atomic E-state index is 13.0. The van der Waals surface area contributed by atoms with Gasteiger partial charge in [-0.1, -0.05) is 249 Å². The van der Waals surface area contributed by atoms with E-state index in [9.17, 15) is 35.1 Å². The van der Waals surface area contributed by atoms with Crippen molar-refractivity contribution in [1.29, 1.82) is 0 Å². The molecule has 1 amide bonds. The Labute approximate surface area is 447 Å². The topological polar surface area (TPSA) is 175 Å². The van der Waals surface area contributed by atoms with E-state index in [-0.39, 0.29) is 18.5 Å². The van der Waals surface area contributed by atoms with Gasteiger partial charge in [0.25, 0.3) is 0 Å². The van der Waals surface area contributed by atoms with Crippen molar-refractivity contribution in [3.63, 3.8) is 0 Å². The average Bonchev–Trinajstić information content (AvgIpc) is 3.39. The van der Waals surface area contributed by atoms with E-state index in [0.29, 0.717) is 19.4 Å². The van der Waals surface area contributed by atoms with Crippen LogP contribution in [0.3, 0.4) is 0 Å². The number of unbranched alkanes of at least 4 members (excludes halogenated alkanes) is 35. The third-order valence-electron chi connectivity index (χ3n) is 14.5. The molecular formula is C62H115NO10. The SMILES string of the molecule is CCCCCCC/C=C/CC/C=C/CC/C=C/C(O)C(COC1OC(CO)C(O)C(O)C1O)NC(=O)CCCCCCCCCCCCCCCCCCCCCOC(=O)CCCCCCCCCCCCC. The minimum Gasteiger partial charge on any atom is -0.466 e. The zero-order valence-corrected chi connectivity index (χ0v) is 47.1. The van der Waals surface area contributed by atoms with Crippen LogP contribution >= 0.6 is 0 Å². The molecule has 0 aromatic rings. The molecule has 1 rings (SSSR count). The highest BCUT2D eigenvalue weighted by Crippen LogP contribution is 2.23. The lowest BCUT2D eigenvalue weighted by molar-refractivity contribution is -0.302. The van der Waals surface area contributed by atoms with Crippen molar-refractivity contribution in [2.45, 2.75) is 326 Å². The number of nitrogens with one attached hydrogen (secondary N) is 1. The second-order valence-corrected chi connectivity index (χ2v) is 21.4. The first-order valence-corrected chi connectivity index (χ1v) is 30.8. The van der Waals surface area contributed by atoms with Crippen LogP contribution in [0.4, 0.5) is 0 Å². The maximum Gasteiger partial charge on any atom is 0.305 e. The van der Waals surface area contributed by atoms with Crippen LogP contribution in [0.25, 0.3) is 0 Å². The van der Waals surface area contributed by atoms with Crippen molar-refractivity contribution in [2.24, 2.45) is 0 Å². The first kappa shape index (κ1) is 68.9. The molecule has 1 saturated heterocycles. The zero-order chi connectivity index (χ0) is 53.1. The minimum absolute atomic E-state index is 0.00704. The number of carbonyl (C=O) groups excluding carboxylic acids is 2. The van der Waals surface area contributed by atoms with Crippen molar-refractivity contribution >= 4 is 11.9 Å². The second kappa shape index (κ2) is 52.0. The lowest BCUT2D eigenvalue weighted by Crippen LogP contribution is -2.60. The van der Waals surface area contributed by atoms with Gasteiger partial charge in [-0.05, 0) is 57.8 Å². The van der Waals surface area contributed by atoms with E-state index in [1.807, 2.05) is 6.08 Å². The fourth-order valence-electron chi connectivity index (χ4n) is 9.58. The summed E-state index contributed by atoms with van der Waals surface area (Å²) >= 11 is 0. The van der Waals surface area contributed by atoms with Crippen molar-refractivity contribution in [3.8, 4) is 0 Å². The Morgan fingerprint density at radius 1 is 0.493 bits per heavy atom. The van der Waals surface area contributed by atoms with E-state index in [0.717, 1.165) is 77.0 Å². The molecule has 1 fully saturated rings. The number of aliphatic hydroxyl groups is 5. The summed E-state index contributed by atoms with van der Waals surface area (Å²) in [7, 11) is 0. The molecular weight excluding hydrogens is 919 g/mol. The number of ether oxygens (including phenoxy) is 3. The second-order valence-electron chi connectivity index (χ2n) is 21.4. The van der Waals surface area contributed by atoms with Gasteiger partial charge in [0, 0.05) is 12.8 Å². The fourth-order valence-corrected chi connectivity index (χ4v) is 9.58. The third kappa shape index (κ3) is 41.7. The molecule has 11 nitrogen and oxygen atoms in total. The summed E-state index contributed by atoms with van der Waals surface area (Å²) in [6.07, 6.45) is 53.7. The number of carbonyl (C=O) groups is 2. The Bertz CT molecular complexity index is 1310. The van der Waals surface area contributed by atoms with Crippen LogP contribution in [0.5, 0.6) is 0 Å². The largest absolute Gasteiger partial charge is 0.466 e. The number of amides is 1. The monoisotopic (exact) mass is 1030 g/mol. The quantitative estimate of drug-likeness (QED) is 0.0195. The Morgan fingerprint density at radius 2 is 0.890 bits per heavy atom. The molecule has 0 aromatic heterocycles. The first-order valence-electron chi connectivity index (χ1n) is 30.8. The van der Waals surface area contributed by atoms with Gasteiger partial charge in [-0.3, -0.25) is 9.59 Å². The Kier molecular flexibility index (Phi) is 49.0. The molecule has 1 aliphatic rings. The molecule has 0 radical (unpaired) electrons. The molecule has 1 aliphatic heterocycles. The lowest BCUT2D eigenvalue weighted by Gasteiger charge is -2.40. The van der Waals surface area contributed by atoms with Crippen LogP contribution in [0.1, 0.15) is 284 Å². The van der Waals surface area contributed by atoms with Crippen LogP contribution in [0, 0.1) is 0 Å². The molecule has 6 N–H and O–H groups in total. The fraction of sp³-hybridized carbons (Fsp3) is 0.871. The maximum atomic E-state index is 13.0. The molecule has 11 heteroatoms. The normalized spacial score (nSPS) is 19.1. The van der Waals surface area contributed by atoms with Crippen LogP contribution < -0.4 is 5.32 Å². The minimum atomic E-state index is -1.58. The molecule has 0 saturated carbocycles. The van der Waals surface area contributed by atoms with E-state index >= 15 is 0 Å². The highest BCUT2D eigenvalue weighted by atomic mass is 16.7.